The molecule has 0 saturated heterocycles. The number of nitrogen functional groups attached to an aromatic ring is 1. The van der Waals surface area contributed by atoms with Crippen LogP contribution >= 0.6 is 0 Å². The van der Waals surface area contributed by atoms with E-state index in [1.807, 2.05) is 26.8 Å². The Balaban J connectivity index is 2.30. The van der Waals surface area contributed by atoms with Gasteiger partial charge in [0.1, 0.15) is 22.8 Å². The van der Waals surface area contributed by atoms with Crippen LogP contribution in [0.2, 0.25) is 0 Å². The van der Waals surface area contributed by atoms with Crippen molar-refractivity contribution in [3.8, 4) is 17.2 Å². The summed E-state index contributed by atoms with van der Waals surface area (Å²) < 4.78 is 11.3. The number of carbonyl (C=O) groups is 1. The highest BCUT2D eigenvalue weighted by molar-refractivity contribution is 5.91. The monoisotopic (exact) mass is 386 g/mol. The maximum absolute atomic E-state index is 12.4. The number of hydrogen-bond donors (Lipinski definition) is 2. The summed E-state index contributed by atoms with van der Waals surface area (Å²) in [5, 5.41) is 10.1. The molecule has 0 aliphatic rings. The van der Waals surface area contributed by atoms with Gasteiger partial charge in [-0.05, 0) is 56.5 Å². The van der Waals surface area contributed by atoms with Gasteiger partial charge in [0.05, 0.1) is 11.4 Å². The van der Waals surface area contributed by atoms with Crippen molar-refractivity contribution in [1.82, 2.24) is 0 Å². The molecule has 0 heterocycles. The van der Waals surface area contributed by atoms with Gasteiger partial charge in [-0.15, -0.1) is 0 Å². The number of nitrogens with zero attached hydrogens (tertiary/aromatic N) is 1. The first-order valence-electron chi connectivity index (χ1n) is 9.15. The molecule has 0 aliphatic carbocycles. The molecule has 2 aromatic carbocycles. The highest BCUT2D eigenvalue weighted by Gasteiger charge is 2.23. The van der Waals surface area contributed by atoms with E-state index >= 15 is 0 Å². The molecule has 0 radical (unpaired) electrons. The van der Waals surface area contributed by atoms with Crippen molar-refractivity contribution >= 4 is 17.5 Å². The van der Waals surface area contributed by atoms with Crippen LogP contribution in [0.3, 0.4) is 0 Å². The number of hydrogen-bond acceptors (Lipinski definition) is 5. The third-order valence-corrected chi connectivity index (χ3v) is 4.04. The Morgan fingerprint density at radius 1 is 1.00 bits per heavy atom. The summed E-state index contributed by atoms with van der Waals surface area (Å²) >= 11 is 0. The summed E-state index contributed by atoms with van der Waals surface area (Å²) in [4.78, 5) is 13.7. The molecule has 0 bridgehead atoms. The van der Waals surface area contributed by atoms with Gasteiger partial charge in [-0.25, -0.2) is 4.79 Å². The van der Waals surface area contributed by atoms with Crippen LogP contribution in [-0.2, 0) is 10.2 Å². The molecule has 1 amide bonds. The zero-order valence-electron chi connectivity index (χ0n) is 17.7. The summed E-state index contributed by atoms with van der Waals surface area (Å²) in [7, 11) is 1.60. The molecule has 2 rings (SSSR count). The van der Waals surface area contributed by atoms with Crippen molar-refractivity contribution in [1.29, 1.82) is 0 Å². The zero-order valence-corrected chi connectivity index (χ0v) is 17.7. The summed E-state index contributed by atoms with van der Waals surface area (Å²) in [5.74, 6) is 1.33. The van der Waals surface area contributed by atoms with Gasteiger partial charge in [-0.3, -0.25) is 4.90 Å². The topological polar surface area (TPSA) is 85.0 Å². The number of nitrogens with two attached hydrogens (primary N) is 1. The number of aromatic hydroxyl groups is 1. The van der Waals surface area contributed by atoms with Crippen LogP contribution in [-0.4, -0.2) is 23.8 Å². The van der Waals surface area contributed by atoms with E-state index in [-0.39, 0.29) is 11.2 Å². The van der Waals surface area contributed by atoms with E-state index in [9.17, 15) is 9.90 Å². The van der Waals surface area contributed by atoms with Crippen LogP contribution in [0.4, 0.5) is 16.2 Å². The first-order valence-corrected chi connectivity index (χ1v) is 9.15. The fraction of sp³-hybridized carbons (Fsp3) is 0.409. The lowest BCUT2D eigenvalue weighted by atomic mass is 9.86. The van der Waals surface area contributed by atoms with Crippen molar-refractivity contribution in [2.24, 2.45) is 0 Å². The number of carbonyl (C=O) groups excluding carboxylic acids is 1. The van der Waals surface area contributed by atoms with E-state index in [0.29, 0.717) is 22.9 Å². The second-order valence-corrected chi connectivity index (χ2v) is 8.79. The van der Waals surface area contributed by atoms with E-state index in [1.165, 1.54) is 4.90 Å². The molecule has 0 fully saturated rings. The number of phenolic OH excluding ortho intramolecular Hbond substituents is 1. The van der Waals surface area contributed by atoms with Gasteiger partial charge in [-0.1, -0.05) is 20.8 Å². The Kier molecular flexibility index (Phi) is 5.83. The van der Waals surface area contributed by atoms with Crippen molar-refractivity contribution < 1.29 is 19.4 Å². The molecule has 0 unspecified atom stereocenters. The average molecular weight is 386 g/mol. The third-order valence-electron chi connectivity index (χ3n) is 4.04. The Morgan fingerprint density at radius 3 is 2.14 bits per heavy atom. The first-order chi connectivity index (χ1) is 12.8. The lowest BCUT2D eigenvalue weighted by Gasteiger charge is -2.25. The van der Waals surface area contributed by atoms with E-state index in [4.69, 9.17) is 15.2 Å². The van der Waals surface area contributed by atoms with E-state index in [0.717, 1.165) is 5.56 Å². The molecule has 2 aromatic rings. The quantitative estimate of drug-likeness (QED) is 0.687. The lowest BCUT2D eigenvalue weighted by molar-refractivity contribution is 0.0589. The first kappa shape index (κ1) is 21.4. The Labute approximate surface area is 166 Å². The summed E-state index contributed by atoms with van der Waals surface area (Å²) in [6, 6.07) is 10.2. The molecule has 3 N–H and O–H groups in total. The fourth-order valence-electron chi connectivity index (χ4n) is 2.62. The number of phenols is 1. The number of rotatable bonds is 3. The predicted molar refractivity (Wildman–Crippen MR) is 112 cm³/mol. The van der Waals surface area contributed by atoms with E-state index < -0.39 is 11.7 Å². The van der Waals surface area contributed by atoms with Gasteiger partial charge in [0.15, 0.2) is 0 Å². The van der Waals surface area contributed by atoms with Crippen LogP contribution in [0, 0.1) is 0 Å². The molecule has 0 saturated carbocycles. The van der Waals surface area contributed by atoms with Crippen LogP contribution in [0.1, 0.15) is 47.1 Å². The molecule has 6 heteroatoms. The third kappa shape index (κ3) is 5.31. The van der Waals surface area contributed by atoms with Crippen LogP contribution < -0.4 is 15.4 Å². The van der Waals surface area contributed by atoms with Crippen molar-refractivity contribution in [2.75, 3.05) is 17.7 Å². The minimum absolute atomic E-state index is 0.225. The molecule has 6 nitrogen and oxygen atoms in total. The molecule has 0 aliphatic heterocycles. The molecule has 0 atom stereocenters. The predicted octanol–water partition coefficient (Wildman–Crippen LogP) is 5.44. The molecule has 152 valence electrons. The largest absolute Gasteiger partial charge is 0.508 e. The molecule has 0 aromatic heterocycles. The second kappa shape index (κ2) is 7.62. The van der Waals surface area contributed by atoms with Crippen molar-refractivity contribution in [2.45, 2.75) is 52.6 Å². The molecule has 28 heavy (non-hydrogen) atoms. The van der Waals surface area contributed by atoms with Gasteiger partial charge in [-0.2, -0.15) is 0 Å². The minimum Gasteiger partial charge on any atom is -0.508 e. The zero-order chi connectivity index (χ0) is 21.3. The SMILES string of the molecule is CN(C(=O)OC(C)(C)C)c1cc(Oc2ccc(O)c(C(C)(C)C)c2)ccc1N. The Bertz CT molecular complexity index is 864. The maximum Gasteiger partial charge on any atom is 0.414 e. The minimum atomic E-state index is -0.608. The van der Waals surface area contributed by atoms with Gasteiger partial charge >= 0.3 is 6.09 Å². The normalized spacial score (nSPS) is 11.8. The number of amides is 1. The maximum atomic E-state index is 12.4. The highest BCUT2D eigenvalue weighted by Crippen LogP contribution is 2.36. The number of anilines is 2. The average Bonchev–Trinajstić information content (AvgIpc) is 2.55. The number of benzene rings is 2. The van der Waals surface area contributed by atoms with Crippen molar-refractivity contribution in [3.63, 3.8) is 0 Å². The Morgan fingerprint density at radius 2 is 1.57 bits per heavy atom. The summed E-state index contributed by atoms with van der Waals surface area (Å²) in [6.07, 6.45) is -0.504. The lowest BCUT2D eigenvalue weighted by Crippen LogP contribution is -2.34. The molecule has 0 spiro atoms. The van der Waals surface area contributed by atoms with E-state index in [1.54, 1.807) is 58.2 Å². The molecular formula is C22H30N2O4. The summed E-state index contributed by atoms with van der Waals surface area (Å²) in [5.41, 5.74) is 6.91. The standard InChI is InChI=1S/C22H30N2O4/c1-21(2,3)16-12-14(9-11-19(16)25)27-15-8-10-17(23)18(13-15)24(7)20(26)28-22(4,5)6/h8-13,25H,23H2,1-7H3. The van der Waals surface area contributed by atoms with Crippen LogP contribution in [0.15, 0.2) is 36.4 Å². The van der Waals surface area contributed by atoms with Crippen LogP contribution in [0.25, 0.3) is 0 Å². The van der Waals surface area contributed by atoms with Crippen molar-refractivity contribution in [3.05, 3.63) is 42.0 Å². The van der Waals surface area contributed by atoms with Gasteiger partial charge in [0, 0.05) is 18.7 Å². The highest BCUT2D eigenvalue weighted by atomic mass is 16.6. The Hall–Kier alpha value is -2.89. The smallest absolute Gasteiger partial charge is 0.414 e. The second-order valence-electron chi connectivity index (χ2n) is 8.79. The molecular weight excluding hydrogens is 356 g/mol. The number of ether oxygens (including phenoxy) is 2. The van der Waals surface area contributed by atoms with Gasteiger partial charge in [0.2, 0.25) is 0 Å². The van der Waals surface area contributed by atoms with E-state index in [2.05, 4.69) is 0 Å². The van der Waals surface area contributed by atoms with Gasteiger partial charge < -0.3 is 20.3 Å². The van der Waals surface area contributed by atoms with Gasteiger partial charge in [0.25, 0.3) is 0 Å². The van der Waals surface area contributed by atoms with Crippen LogP contribution in [0.5, 0.6) is 17.2 Å². The summed E-state index contributed by atoms with van der Waals surface area (Å²) in [6.45, 7) is 11.5. The fourth-order valence-corrected chi connectivity index (χ4v) is 2.62.